The molecule has 81 heavy (non-hydrogen) atoms. The summed E-state index contributed by atoms with van der Waals surface area (Å²) in [4.78, 5) is 38.2. The molecule has 6 heteroatoms. The summed E-state index contributed by atoms with van der Waals surface area (Å²) in [6, 6.07) is 0. The molecule has 0 radical (unpaired) electrons. The van der Waals surface area contributed by atoms with Crippen LogP contribution >= 0.6 is 0 Å². The van der Waals surface area contributed by atoms with Crippen molar-refractivity contribution in [3.8, 4) is 0 Å². The Morgan fingerprint density at radius 3 is 0.827 bits per heavy atom. The van der Waals surface area contributed by atoms with Crippen LogP contribution in [0.4, 0.5) is 0 Å². The first-order valence-corrected chi connectivity index (χ1v) is 31.2. The topological polar surface area (TPSA) is 78.9 Å². The van der Waals surface area contributed by atoms with Gasteiger partial charge in [-0.2, -0.15) is 0 Å². The van der Waals surface area contributed by atoms with Gasteiger partial charge in [0.05, 0.1) is 6.42 Å². The highest BCUT2D eigenvalue weighted by Gasteiger charge is 2.19. The smallest absolute Gasteiger partial charge is 0.309 e. The van der Waals surface area contributed by atoms with Crippen molar-refractivity contribution in [3.63, 3.8) is 0 Å². The zero-order valence-corrected chi connectivity index (χ0v) is 50.9. The second-order valence-electron chi connectivity index (χ2n) is 19.5. The van der Waals surface area contributed by atoms with Gasteiger partial charge in [0.1, 0.15) is 13.2 Å². The summed E-state index contributed by atoms with van der Waals surface area (Å²) in [5, 5.41) is 0. The van der Waals surface area contributed by atoms with Gasteiger partial charge >= 0.3 is 17.9 Å². The predicted molar refractivity (Wildman–Crippen MR) is 352 cm³/mol. The average Bonchev–Trinajstić information content (AvgIpc) is 3.47. The SMILES string of the molecule is CC/C=C\C/C=C\C/C=C\C/C=C\C/C=C\C/C=C\C/C=C\CCCCCCCC(=O)OCC(COC(=O)C/C=C\C/C=C\C/C=C\C/C=C\C/C=C\CC)OC(=O)CCCC/C=C\C/C=C\C/C=C\C/C=C\C/C=C\C/C=C\CC. The quantitative estimate of drug-likeness (QED) is 0.0261. The van der Waals surface area contributed by atoms with Gasteiger partial charge in [-0.05, 0) is 154 Å². The van der Waals surface area contributed by atoms with Gasteiger partial charge in [0.25, 0.3) is 0 Å². The fourth-order valence-electron chi connectivity index (χ4n) is 7.44. The minimum atomic E-state index is -0.866. The zero-order valence-electron chi connectivity index (χ0n) is 50.9. The minimum absolute atomic E-state index is 0.100. The molecule has 0 saturated heterocycles. The van der Waals surface area contributed by atoms with E-state index >= 15 is 0 Å². The molecule has 0 amide bonds. The molecule has 0 bridgehead atoms. The van der Waals surface area contributed by atoms with Gasteiger partial charge < -0.3 is 14.2 Å². The van der Waals surface area contributed by atoms with Crippen molar-refractivity contribution in [3.05, 3.63) is 219 Å². The van der Waals surface area contributed by atoms with Crippen LogP contribution in [0.3, 0.4) is 0 Å². The lowest BCUT2D eigenvalue weighted by Gasteiger charge is -2.18. The van der Waals surface area contributed by atoms with Crippen LogP contribution in [0.2, 0.25) is 0 Å². The standard InChI is InChI=1S/C75H110O6/c1-4-7-10-13-16-19-22-25-28-30-32-34-35-36-37-38-39-41-42-44-47-50-53-56-59-62-65-68-74(77)80-71-72(70-79-73(76)67-64-61-58-55-52-49-46-27-24-21-18-15-12-9-6-3)81-75(78)69-66-63-60-57-54-51-48-45-43-40-33-31-29-26-23-20-17-14-11-8-5-2/h7-12,16-21,25-29,32-34,36-37,39-41,44-48,52,54-55,57,61,64,72H,4-6,13-15,22-24,30-31,35,38,42-43,49-51,53,56,58-60,62-63,65-71H2,1-3H3/b10-7-,11-8-,12-9-,19-16-,20-17-,21-18-,28-25-,29-26-,34-32-,37-36-,40-33-,41-39-,46-27-,47-44-,48-45-,55-52-,57-54-,64-61-. The number of ether oxygens (including phenoxy) is 3. The number of hydrogen-bond acceptors (Lipinski definition) is 6. The lowest BCUT2D eigenvalue weighted by atomic mass is 10.1. The van der Waals surface area contributed by atoms with Gasteiger partial charge in [-0.25, -0.2) is 0 Å². The van der Waals surface area contributed by atoms with E-state index in [1.54, 1.807) is 6.08 Å². The molecular formula is C75H110O6. The van der Waals surface area contributed by atoms with Crippen molar-refractivity contribution in [1.29, 1.82) is 0 Å². The Hall–Kier alpha value is -6.27. The number of allylic oxidation sites excluding steroid dienone is 35. The predicted octanol–water partition coefficient (Wildman–Crippen LogP) is 21.8. The Balaban J connectivity index is 4.61. The van der Waals surface area contributed by atoms with Gasteiger partial charge in [-0.15, -0.1) is 0 Å². The fourth-order valence-corrected chi connectivity index (χ4v) is 7.44. The first-order chi connectivity index (χ1) is 40.0. The summed E-state index contributed by atoms with van der Waals surface area (Å²) < 4.78 is 16.7. The highest BCUT2D eigenvalue weighted by molar-refractivity contribution is 5.72. The van der Waals surface area contributed by atoms with Crippen LogP contribution in [0.1, 0.15) is 213 Å². The average molecular weight is 1110 g/mol. The third-order valence-corrected chi connectivity index (χ3v) is 12.0. The molecule has 0 spiro atoms. The molecule has 0 N–H and O–H groups in total. The molecular weight excluding hydrogens is 997 g/mol. The van der Waals surface area contributed by atoms with Crippen LogP contribution in [0, 0.1) is 0 Å². The first kappa shape index (κ1) is 74.7. The Morgan fingerprint density at radius 1 is 0.259 bits per heavy atom. The third kappa shape index (κ3) is 64.4. The number of rotatable bonds is 53. The van der Waals surface area contributed by atoms with E-state index in [4.69, 9.17) is 14.2 Å². The van der Waals surface area contributed by atoms with Crippen molar-refractivity contribution in [2.24, 2.45) is 0 Å². The van der Waals surface area contributed by atoms with Crippen LogP contribution in [0.5, 0.6) is 0 Å². The highest BCUT2D eigenvalue weighted by atomic mass is 16.6. The van der Waals surface area contributed by atoms with Crippen LogP contribution in [0.15, 0.2) is 219 Å². The fraction of sp³-hybridized carbons (Fsp3) is 0.480. The minimum Gasteiger partial charge on any atom is -0.462 e. The lowest BCUT2D eigenvalue weighted by Crippen LogP contribution is -2.30. The van der Waals surface area contributed by atoms with Gasteiger partial charge in [0.2, 0.25) is 0 Å². The first-order valence-electron chi connectivity index (χ1n) is 31.2. The summed E-state index contributed by atoms with van der Waals surface area (Å²) in [5.41, 5.74) is 0. The normalized spacial score (nSPS) is 13.7. The molecule has 0 rings (SSSR count). The largest absolute Gasteiger partial charge is 0.462 e. The van der Waals surface area contributed by atoms with Crippen LogP contribution in [-0.2, 0) is 28.6 Å². The molecule has 0 aliphatic heterocycles. The monoisotopic (exact) mass is 1110 g/mol. The van der Waals surface area contributed by atoms with Gasteiger partial charge in [0.15, 0.2) is 6.10 Å². The Kier molecular flexibility index (Phi) is 61.1. The molecule has 0 aromatic rings. The molecule has 446 valence electrons. The number of unbranched alkanes of at least 4 members (excludes halogenated alkanes) is 7. The number of esters is 3. The van der Waals surface area contributed by atoms with Crippen LogP contribution in [0.25, 0.3) is 0 Å². The van der Waals surface area contributed by atoms with E-state index in [1.165, 1.54) is 0 Å². The summed E-state index contributed by atoms with van der Waals surface area (Å²) in [6.45, 7) is 6.13. The molecule has 0 saturated carbocycles. The maximum absolute atomic E-state index is 12.9. The molecule has 1 unspecified atom stereocenters. The van der Waals surface area contributed by atoms with Gasteiger partial charge in [-0.1, -0.05) is 259 Å². The second-order valence-corrected chi connectivity index (χ2v) is 19.5. The van der Waals surface area contributed by atoms with E-state index in [9.17, 15) is 14.4 Å². The summed E-state index contributed by atoms with van der Waals surface area (Å²) >= 11 is 0. The van der Waals surface area contributed by atoms with E-state index in [1.807, 2.05) is 6.08 Å². The lowest BCUT2D eigenvalue weighted by molar-refractivity contribution is -0.166. The molecule has 0 heterocycles. The molecule has 0 aliphatic rings. The zero-order chi connectivity index (χ0) is 58.5. The Labute approximate surface area is 495 Å². The molecule has 0 fully saturated rings. The maximum atomic E-state index is 12.9. The summed E-state index contributed by atoms with van der Waals surface area (Å²) in [7, 11) is 0. The van der Waals surface area contributed by atoms with Gasteiger partial charge in [0, 0.05) is 12.8 Å². The van der Waals surface area contributed by atoms with E-state index in [0.29, 0.717) is 19.3 Å². The third-order valence-electron chi connectivity index (χ3n) is 12.0. The van der Waals surface area contributed by atoms with Gasteiger partial charge in [-0.3, -0.25) is 14.4 Å². The Bertz CT molecular complexity index is 2050. The number of carbonyl (C=O) groups excluding carboxylic acids is 3. The molecule has 1 atom stereocenters. The van der Waals surface area contributed by atoms with Crippen molar-refractivity contribution < 1.29 is 28.6 Å². The summed E-state index contributed by atoms with van der Waals surface area (Å²) in [6.07, 6.45) is 104. The molecule has 6 nitrogen and oxygen atoms in total. The number of carbonyl (C=O) groups is 3. The van der Waals surface area contributed by atoms with Crippen molar-refractivity contribution in [2.75, 3.05) is 13.2 Å². The van der Waals surface area contributed by atoms with E-state index < -0.39 is 18.0 Å². The number of hydrogen-bond donors (Lipinski definition) is 0. The van der Waals surface area contributed by atoms with Crippen LogP contribution in [-0.4, -0.2) is 37.2 Å². The van der Waals surface area contributed by atoms with E-state index in [0.717, 1.165) is 161 Å². The molecule has 0 aliphatic carbocycles. The molecule has 0 aromatic carbocycles. The van der Waals surface area contributed by atoms with E-state index in [2.05, 4.69) is 227 Å². The van der Waals surface area contributed by atoms with Crippen molar-refractivity contribution >= 4 is 17.9 Å². The van der Waals surface area contributed by atoms with Crippen molar-refractivity contribution in [1.82, 2.24) is 0 Å². The van der Waals surface area contributed by atoms with E-state index in [-0.39, 0.29) is 32.0 Å². The second kappa shape index (κ2) is 66.2. The highest BCUT2D eigenvalue weighted by Crippen LogP contribution is 2.11. The summed E-state index contributed by atoms with van der Waals surface area (Å²) in [5.74, 6) is -1.16. The van der Waals surface area contributed by atoms with Crippen LogP contribution < -0.4 is 0 Å². The molecule has 0 aromatic heterocycles. The maximum Gasteiger partial charge on any atom is 0.309 e. The van der Waals surface area contributed by atoms with Crippen molar-refractivity contribution in [2.45, 2.75) is 219 Å². The Morgan fingerprint density at radius 2 is 0.494 bits per heavy atom.